The van der Waals surface area contributed by atoms with E-state index in [9.17, 15) is 4.79 Å². The molecule has 1 aliphatic rings. The zero-order valence-electron chi connectivity index (χ0n) is 16.0. The molecule has 2 aromatic heterocycles. The zero-order valence-corrected chi connectivity index (χ0v) is 16.0. The normalized spacial score (nSPS) is 19.6. The van der Waals surface area contributed by atoms with Gasteiger partial charge in [0.1, 0.15) is 0 Å². The van der Waals surface area contributed by atoms with Crippen molar-refractivity contribution in [3.8, 4) is 0 Å². The summed E-state index contributed by atoms with van der Waals surface area (Å²) in [6.07, 6.45) is 7.80. The molecule has 6 heteroatoms. The lowest BCUT2D eigenvalue weighted by Gasteiger charge is -2.17. The number of aryl methyl sites for hydroxylation is 2. The number of nitrogens with one attached hydrogen (secondary N) is 3. The van der Waals surface area contributed by atoms with Crippen molar-refractivity contribution in [2.45, 2.75) is 25.7 Å². The summed E-state index contributed by atoms with van der Waals surface area (Å²) in [5.74, 6) is 0.283. The lowest BCUT2D eigenvalue weighted by Crippen LogP contribution is -2.35. The first kappa shape index (κ1) is 17.8. The van der Waals surface area contributed by atoms with E-state index in [0.29, 0.717) is 6.54 Å². The molecule has 1 amide bonds. The summed E-state index contributed by atoms with van der Waals surface area (Å²) in [5.41, 5.74) is 4.94. The molecule has 0 bridgehead atoms. The molecular weight excluding hydrogens is 338 g/mol. The second-order valence-corrected chi connectivity index (χ2v) is 7.37. The Morgan fingerprint density at radius 1 is 1.33 bits per heavy atom. The van der Waals surface area contributed by atoms with Gasteiger partial charge in [0.2, 0.25) is 5.91 Å². The first-order valence-electron chi connectivity index (χ1n) is 9.72. The van der Waals surface area contributed by atoms with Gasteiger partial charge in [-0.2, -0.15) is 5.10 Å². The van der Waals surface area contributed by atoms with Crippen molar-refractivity contribution in [1.29, 1.82) is 0 Å². The molecular formula is C21H27N5O. The van der Waals surface area contributed by atoms with E-state index in [1.54, 1.807) is 4.68 Å². The summed E-state index contributed by atoms with van der Waals surface area (Å²) < 4.78 is 1.80. The van der Waals surface area contributed by atoms with Gasteiger partial charge in [-0.3, -0.25) is 9.48 Å². The fourth-order valence-electron chi connectivity index (χ4n) is 4.16. The predicted octanol–water partition coefficient (Wildman–Crippen LogP) is 2.13. The van der Waals surface area contributed by atoms with Gasteiger partial charge in [0.15, 0.2) is 0 Å². The van der Waals surface area contributed by atoms with E-state index < -0.39 is 0 Å². The minimum absolute atomic E-state index is 0.0381. The summed E-state index contributed by atoms with van der Waals surface area (Å²) in [4.78, 5) is 16.1. The summed E-state index contributed by atoms with van der Waals surface area (Å²) in [7, 11) is 1.91. The summed E-state index contributed by atoms with van der Waals surface area (Å²) in [6.45, 7) is 4.37. The number of aromatic amines is 1. The van der Waals surface area contributed by atoms with E-state index in [-0.39, 0.29) is 17.7 Å². The topological polar surface area (TPSA) is 74.7 Å². The van der Waals surface area contributed by atoms with Crippen LogP contribution in [0.1, 0.15) is 29.5 Å². The molecule has 0 aliphatic carbocycles. The van der Waals surface area contributed by atoms with Gasteiger partial charge in [-0.1, -0.05) is 25.1 Å². The number of rotatable bonds is 6. The molecule has 0 radical (unpaired) electrons. The number of carbonyl (C=O) groups is 1. The van der Waals surface area contributed by atoms with Gasteiger partial charge in [-0.25, -0.2) is 0 Å². The third-order valence-electron chi connectivity index (χ3n) is 5.67. The molecule has 1 saturated heterocycles. The van der Waals surface area contributed by atoms with Crippen molar-refractivity contribution in [3.05, 3.63) is 53.5 Å². The molecule has 2 atom stereocenters. The smallest absolute Gasteiger partial charge is 0.225 e. The Morgan fingerprint density at radius 3 is 3.00 bits per heavy atom. The van der Waals surface area contributed by atoms with Crippen molar-refractivity contribution in [1.82, 2.24) is 25.4 Å². The maximum Gasteiger partial charge on any atom is 0.225 e. The highest BCUT2D eigenvalue weighted by atomic mass is 16.1. The van der Waals surface area contributed by atoms with Gasteiger partial charge in [0.25, 0.3) is 0 Å². The molecule has 1 aliphatic heterocycles. The van der Waals surface area contributed by atoms with Crippen LogP contribution < -0.4 is 10.6 Å². The Hall–Kier alpha value is -2.60. The van der Waals surface area contributed by atoms with Crippen LogP contribution in [0.2, 0.25) is 0 Å². The molecule has 1 fully saturated rings. The van der Waals surface area contributed by atoms with Crippen LogP contribution in [0.25, 0.3) is 10.9 Å². The first-order chi connectivity index (χ1) is 13.2. The zero-order chi connectivity index (χ0) is 18.8. The van der Waals surface area contributed by atoms with Crippen LogP contribution in [-0.4, -0.2) is 40.3 Å². The van der Waals surface area contributed by atoms with Crippen LogP contribution >= 0.6 is 0 Å². The Bertz CT molecular complexity index is 941. The number of aromatic nitrogens is 3. The van der Waals surface area contributed by atoms with E-state index in [1.165, 1.54) is 22.0 Å². The van der Waals surface area contributed by atoms with Crippen molar-refractivity contribution in [2.24, 2.45) is 13.0 Å². The molecule has 1 aromatic carbocycles. The average Bonchev–Trinajstić information content (AvgIpc) is 3.40. The van der Waals surface area contributed by atoms with E-state index in [4.69, 9.17) is 0 Å². The molecule has 3 heterocycles. The number of nitrogens with zero attached hydrogens (tertiary/aromatic N) is 2. The molecule has 142 valence electrons. The second kappa shape index (κ2) is 7.56. The lowest BCUT2D eigenvalue weighted by molar-refractivity contribution is -0.124. The van der Waals surface area contributed by atoms with Crippen molar-refractivity contribution in [3.63, 3.8) is 0 Å². The second-order valence-electron chi connectivity index (χ2n) is 7.37. The van der Waals surface area contributed by atoms with Gasteiger partial charge in [0.05, 0.1) is 12.1 Å². The number of para-hydroxylation sites is 1. The highest BCUT2D eigenvalue weighted by molar-refractivity contribution is 5.86. The number of hydrogen-bond acceptors (Lipinski definition) is 3. The number of H-pyrrole nitrogens is 1. The number of amides is 1. The minimum atomic E-state index is -0.0381. The average molecular weight is 365 g/mol. The van der Waals surface area contributed by atoms with Crippen molar-refractivity contribution < 1.29 is 4.79 Å². The van der Waals surface area contributed by atoms with Gasteiger partial charge >= 0.3 is 0 Å². The summed E-state index contributed by atoms with van der Waals surface area (Å²) in [6, 6.07) is 6.43. The van der Waals surface area contributed by atoms with Gasteiger partial charge < -0.3 is 15.6 Å². The Kier molecular flexibility index (Phi) is 4.99. The van der Waals surface area contributed by atoms with E-state index >= 15 is 0 Å². The third kappa shape index (κ3) is 3.49. The molecule has 3 N–H and O–H groups in total. The molecule has 0 unspecified atom stereocenters. The van der Waals surface area contributed by atoms with Gasteiger partial charge in [-0.05, 0) is 29.5 Å². The van der Waals surface area contributed by atoms with Crippen LogP contribution in [0.5, 0.6) is 0 Å². The van der Waals surface area contributed by atoms with Crippen LogP contribution in [0.4, 0.5) is 0 Å². The van der Waals surface area contributed by atoms with E-state index in [2.05, 4.69) is 52.0 Å². The fraction of sp³-hybridized carbons (Fsp3) is 0.429. The van der Waals surface area contributed by atoms with Crippen LogP contribution in [0.3, 0.4) is 0 Å². The molecule has 27 heavy (non-hydrogen) atoms. The van der Waals surface area contributed by atoms with E-state index in [0.717, 1.165) is 31.5 Å². The Labute approximate surface area is 159 Å². The van der Waals surface area contributed by atoms with Crippen molar-refractivity contribution in [2.75, 3.05) is 19.6 Å². The minimum Gasteiger partial charge on any atom is -0.361 e. The quantitative estimate of drug-likeness (QED) is 0.626. The number of hydrogen-bond donors (Lipinski definition) is 3. The van der Waals surface area contributed by atoms with Crippen LogP contribution in [0, 0.1) is 5.92 Å². The van der Waals surface area contributed by atoms with Crippen molar-refractivity contribution >= 4 is 16.8 Å². The van der Waals surface area contributed by atoms with Crippen LogP contribution in [0.15, 0.2) is 36.8 Å². The van der Waals surface area contributed by atoms with E-state index in [1.807, 2.05) is 19.4 Å². The Balaban J connectivity index is 1.38. The maximum atomic E-state index is 12.7. The third-order valence-corrected chi connectivity index (χ3v) is 5.67. The molecule has 3 aromatic rings. The standard InChI is InChI=1S/C21H27N5O/c1-3-14-5-4-6-17-15(9-24-20(14)17)7-8-23-21(27)19-12-22-11-18(19)16-10-25-26(2)13-16/h4-6,9-10,13,18-19,22,24H,3,7-8,11-12H2,1-2H3,(H,23,27)/t18-,19+/m1/s1. The molecule has 4 rings (SSSR count). The number of fused-ring (bicyclic) bond motifs is 1. The van der Waals surface area contributed by atoms with Gasteiger partial charge in [0, 0.05) is 55.9 Å². The largest absolute Gasteiger partial charge is 0.361 e. The first-order valence-corrected chi connectivity index (χ1v) is 9.72. The Morgan fingerprint density at radius 2 is 2.22 bits per heavy atom. The summed E-state index contributed by atoms with van der Waals surface area (Å²) in [5, 5.41) is 12.0. The lowest BCUT2D eigenvalue weighted by atomic mass is 9.90. The maximum absolute atomic E-state index is 12.7. The molecule has 6 nitrogen and oxygen atoms in total. The highest BCUT2D eigenvalue weighted by Crippen LogP contribution is 2.28. The number of benzene rings is 1. The molecule has 0 spiro atoms. The highest BCUT2D eigenvalue weighted by Gasteiger charge is 2.34. The summed E-state index contributed by atoms with van der Waals surface area (Å²) >= 11 is 0. The van der Waals surface area contributed by atoms with Gasteiger partial charge in [-0.15, -0.1) is 0 Å². The SMILES string of the molecule is CCc1cccc2c(CCNC(=O)[C@H]3CNC[C@@H]3c3cnn(C)c3)c[nH]c12. The van der Waals surface area contributed by atoms with Crippen LogP contribution in [-0.2, 0) is 24.7 Å². The predicted molar refractivity (Wildman–Crippen MR) is 107 cm³/mol. The fourth-order valence-corrected chi connectivity index (χ4v) is 4.16. The molecule has 0 saturated carbocycles. The number of carbonyl (C=O) groups excluding carboxylic acids is 1. The monoisotopic (exact) mass is 365 g/mol.